The van der Waals surface area contributed by atoms with Crippen molar-refractivity contribution in [3.8, 4) is 17.1 Å². The number of methoxy groups -OCH3 is 1. The van der Waals surface area contributed by atoms with Gasteiger partial charge in [-0.05, 0) is 12.1 Å². The van der Waals surface area contributed by atoms with Gasteiger partial charge in [0.2, 0.25) is 5.82 Å². The van der Waals surface area contributed by atoms with E-state index in [2.05, 4.69) is 20.1 Å². The highest BCUT2D eigenvalue weighted by molar-refractivity contribution is 5.93. The largest absolute Gasteiger partial charge is 0.468 e. The number of amides is 1. The van der Waals surface area contributed by atoms with Crippen LogP contribution in [0, 0.1) is 0 Å². The molecule has 126 valence electrons. The first-order valence-corrected chi connectivity index (χ1v) is 7.62. The second-order valence-electron chi connectivity index (χ2n) is 5.13. The van der Waals surface area contributed by atoms with Crippen LogP contribution >= 0.6 is 0 Å². The number of benzene rings is 2. The van der Waals surface area contributed by atoms with Crippen molar-refractivity contribution >= 4 is 11.9 Å². The fourth-order valence-electron chi connectivity index (χ4n) is 2.24. The van der Waals surface area contributed by atoms with Crippen molar-refractivity contribution in [3.05, 3.63) is 66.5 Å². The Balaban J connectivity index is 1.98. The van der Waals surface area contributed by atoms with Crippen molar-refractivity contribution in [1.29, 1.82) is 0 Å². The molecular weight excluding hydrogens is 320 g/mol. The Morgan fingerprint density at radius 2 is 1.68 bits per heavy atom. The second-order valence-corrected chi connectivity index (χ2v) is 5.13. The van der Waals surface area contributed by atoms with Crippen LogP contribution in [0.25, 0.3) is 17.1 Å². The standard InChI is InChI=1S/C18H16N4O3/c1-25-15(23)12-19-18(24)16-20-17(13-8-4-2-5-9-13)22(21-16)14-10-6-3-7-11-14/h2-11H,12H2,1H3,(H,19,24). The Bertz CT molecular complexity index is 819. The third-order valence-electron chi connectivity index (χ3n) is 3.46. The number of ether oxygens (including phenoxy) is 1. The van der Waals surface area contributed by atoms with Crippen molar-refractivity contribution in [1.82, 2.24) is 20.1 Å². The van der Waals surface area contributed by atoms with Crippen LogP contribution in [-0.4, -0.2) is 40.3 Å². The molecule has 0 unspecified atom stereocenters. The van der Waals surface area contributed by atoms with E-state index in [1.807, 2.05) is 60.7 Å². The van der Waals surface area contributed by atoms with Gasteiger partial charge in [0.25, 0.3) is 5.91 Å². The third-order valence-corrected chi connectivity index (χ3v) is 3.46. The quantitative estimate of drug-likeness (QED) is 0.719. The molecule has 2 aromatic carbocycles. The molecule has 1 aromatic heterocycles. The minimum Gasteiger partial charge on any atom is -0.468 e. The Morgan fingerprint density at radius 3 is 2.32 bits per heavy atom. The van der Waals surface area contributed by atoms with Crippen LogP contribution in [0.2, 0.25) is 0 Å². The normalized spacial score (nSPS) is 10.3. The number of carbonyl (C=O) groups excluding carboxylic acids is 2. The fraction of sp³-hybridized carbons (Fsp3) is 0.111. The lowest BCUT2D eigenvalue weighted by atomic mass is 10.2. The van der Waals surface area contributed by atoms with Crippen LogP contribution in [0.1, 0.15) is 10.6 Å². The van der Waals surface area contributed by atoms with Gasteiger partial charge in [-0.25, -0.2) is 9.67 Å². The van der Waals surface area contributed by atoms with Gasteiger partial charge in [-0.2, -0.15) is 0 Å². The van der Waals surface area contributed by atoms with E-state index in [0.717, 1.165) is 11.3 Å². The molecule has 1 amide bonds. The van der Waals surface area contributed by atoms with Crippen molar-refractivity contribution < 1.29 is 14.3 Å². The molecule has 0 aliphatic carbocycles. The first-order valence-electron chi connectivity index (χ1n) is 7.62. The van der Waals surface area contributed by atoms with Gasteiger partial charge in [-0.3, -0.25) is 9.59 Å². The van der Waals surface area contributed by atoms with E-state index in [9.17, 15) is 9.59 Å². The monoisotopic (exact) mass is 336 g/mol. The number of carbonyl (C=O) groups is 2. The molecule has 0 atom stereocenters. The summed E-state index contributed by atoms with van der Waals surface area (Å²) in [7, 11) is 1.25. The predicted molar refractivity (Wildman–Crippen MR) is 91.1 cm³/mol. The molecule has 0 aliphatic heterocycles. The lowest BCUT2D eigenvalue weighted by Gasteiger charge is -2.05. The number of hydrogen-bond acceptors (Lipinski definition) is 5. The molecular formula is C18H16N4O3. The summed E-state index contributed by atoms with van der Waals surface area (Å²) in [6.45, 7) is -0.240. The van der Waals surface area contributed by atoms with Gasteiger partial charge in [0, 0.05) is 5.56 Å². The molecule has 0 saturated heterocycles. The molecule has 7 nitrogen and oxygen atoms in total. The van der Waals surface area contributed by atoms with E-state index < -0.39 is 11.9 Å². The summed E-state index contributed by atoms with van der Waals surface area (Å²) in [5.41, 5.74) is 1.60. The Kier molecular flexibility index (Phi) is 4.84. The van der Waals surface area contributed by atoms with Gasteiger partial charge < -0.3 is 10.1 Å². The molecule has 3 rings (SSSR count). The molecule has 0 spiro atoms. The molecule has 1 N–H and O–H groups in total. The number of hydrogen-bond donors (Lipinski definition) is 1. The lowest BCUT2D eigenvalue weighted by Crippen LogP contribution is -2.30. The van der Waals surface area contributed by atoms with Gasteiger partial charge >= 0.3 is 5.97 Å². The summed E-state index contributed by atoms with van der Waals surface area (Å²) in [6, 6.07) is 18.8. The van der Waals surface area contributed by atoms with E-state index in [0.29, 0.717) is 5.82 Å². The molecule has 25 heavy (non-hydrogen) atoms. The maximum Gasteiger partial charge on any atom is 0.325 e. The number of para-hydroxylation sites is 1. The van der Waals surface area contributed by atoms with Crippen LogP contribution in [0.4, 0.5) is 0 Å². The van der Waals surface area contributed by atoms with Gasteiger partial charge in [0.1, 0.15) is 6.54 Å². The highest BCUT2D eigenvalue weighted by Crippen LogP contribution is 2.20. The number of esters is 1. The number of nitrogens with zero attached hydrogens (tertiary/aromatic N) is 3. The summed E-state index contributed by atoms with van der Waals surface area (Å²) < 4.78 is 6.10. The van der Waals surface area contributed by atoms with Crippen LogP contribution < -0.4 is 5.32 Å². The van der Waals surface area contributed by atoms with E-state index in [1.165, 1.54) is 7.11 Å². The smallest absolute Gasteiger partial charge is 0.325 e. The van der Waals surface area contributed by atoms with Crippen LogP contribution in [-0.2, 0) is 9.53 Å². The third kappa shape index (κ3) is 3.72. The molecule has 0 bridgehead atoms. The average molecular weight is 336 g/mol. The topological polar surface area (TPSA) is 86.1 Å². The zero-order valence-electron chi connectivity index (χ0n) is 13.5. The van der Waals surface area contributed by atoms with E-state index in [-0.39, 0.29) is 12.4 Å². The molecule has 0 aliphatic rings. The van der Waals surface area contributed by atoms with Gasteiger partial charge in [0.05, 0.1) is 12.8 Å². The SMILES string of the molecule is COC(=O)CNC(=O)c1nc(-c2ccccc2)n(-c2ccccc2)n1. The van der Waals surface area contributed by atoms with E-state index in [4.69, 9.17) is 0 Å². The lowest BCUT2D eigenvalue weighted by molar-refractivity contribution is -0.139. The Labute approximate surface area is 144 Å². The summed E-state index contributed by atoms with van der Waals surface area (Å²) in [5.74, 6) is -0.571. The van der Waals surface area contributed by atoms with Crippen LogP contribution in [0.5, 0.6) is 0 Å². The zero-order valence-corrected chi connectivity index (χ0v) is 13.5. The first kappa shape index (κ1) is 16.4. The summed E-state index contributed by atoms with van der Waals surface area (Å²) in [5, 5.41) is 6.74. The molecule has 7 heteroatoms. The Hall–Kier alpha value is -3.48. The molecule has 1 heterocycles. The first-order chi connectivity index (χ1) is 12.2. The minimum atomic E-state index is -0.544. The Morgan fingerprint density at radius 1 is 1.04 bits per heavy atom. The van der Waals surface area contributed by atoms with Crippen LogP contribution in [0.3, 0.4) is 0 Å². The molecule has 0 saturated carbocycles. The number of nitrogens with one attached hydrogen (secondary N) is 1. The second kappa shape index (κ2) is 7.39. The fourth-order valence-corrected chi connectivity index (χ4v) is 2.24. The van der Waals surface area contributed by atoms with Crippen molar-refractivity contribution in [2.45, 2.75) is 0 Å². The minimum absolute atomic E-state index is 0.0217. The number of rotatable bonds is 5. The maximum absolute atomic E-state index is 12.2. The van der Waals surface area contributed by atoms with Crippen molar-refractivity contribution in [2.75, 3.05) is 13.7 Å². The van der Waals surface area contributed by atoms with Crippen molar-refractivity contribution in [3.63, 3.8) is 0 Å². The molecule has 0 radical (unpaired) electrons. The average Bonchev–Trinajstić information content (AvgIpc) is 3.12. The summed E-state index contributed by atoms with van der Waals surface area (Å²) in [4.78, 5) is 27.8. The summed E-state index contributed by atoms with van der Waals surface area (Å²) in [6.07, 6.45) is 0. The van der Waals surface area contributed by atoms with E-state index >= 15 is 0 Å². The molecule has 0 fully saturated rings. The van der Waals surface area contributed by atoms with Gasteiger partial charge in [-0.1, -0.05) is 48.5 Å². The highest BCUT2D eigenvalue weighted by atomic mass is 16.5. The van der Waals surface area contributed by atoms with Gasteiger partial charge in [-0.15, -0.1) is 5.10 Å². The predicted octanol–water partition coefficient (Wildman–Crippen LogP) is 1.84. The van der Waals surface area contributed by atoms with E-state index in [1.54, 1.807) is 4.68 Å². The van der Waals surface area contributed by atoms with Crippen LogP contribution in [0.15, 0.2) is 60.7 Å². The summed E-state index contributed by atoms with van der Waals surface area (Å²) >= 11 is 0. The zero-order chi connectivity index (χ0) is 17.6. The number of aromatic nitrogens is 3. The molecule has 3 aromatic rings. The highest BCUT2D eigenvalue weighted by Gasteiger charge is 2.19. The maximum atomic E-state index is 12.2. The van der Waals surface area contributed by atoms with Gasteiger partial charge in [0.15, 0.2) is 5.82 Å². The van der Waals surface area contributed by atoms with Crippen molar-refractivity contribution in [2.24, 2.45) is 0 Å².